The van der Waals surface area contributed by atoms with Crippen molar-refractivity contribution in [2.75, 3.05) is 0 Å². The van der Waals surface area contributed by atoms with E-state index in [0.717, 1.165) is 11.8 Å². The predicted molar refractivity (Wildman–Crippen MR) is 81.1 cm³/mol. The molecule has 0 amide bonds. The van der Waals surface area contributed by atoms with Crippen LogP contribution < -0.4 is 5.73 Å². The highest BCUT2D eigenvalue weighted by molar-refractivity contribution is 5.28. The Labute approximate surface area is 117 Å². The van der Waals surface area contributed by atoms with Gasteiger partial charge in [0.15, 0.2) is 0 Å². The van der Waals surface area contributed by atoms with Gasteiger partial charge in [0.2, 0.25) is 0 Å². The molecule has 3 rings (SSSR count). The average Bonchev–Trinajstić information content (AvgIpc) is 2.85. The number of nitrogens with two attached hydrogens (primary N) is 1. The molecule has 2 aliphatic rings. The van der Waals surface area contributed by atoms with Gasteiger partial charge < -0.3 is 5.73 Å². The molecule has 3 unspecified atom stereocenters. The summed E-state index contributed by atoms with van der Waals surface area (Å²) >= 11 is 0. The third-order valence-corrected chi connectivity index (χ3v) is 5.56. The molecule has 1 heteroatoms. The van der Waals surface area contributed by atoms with Crippen LogP contribution in [0.1, 0.15) is 75.0 Å². The van der Waals surface area contributed by atoms with Gasteiger partial charge in [0.1, 0.15) is 0 Å². The van der Waals surface area contributed by atoms with Crippen LogP contribution in [0.5, 0.6) is 0 Å². The van der Waals surface area contributed by atoms with Crippen molar-refractivity contribution in [1.82, 2.24) is 0 Å². The van der Waals surface area contributed by atoms with E-state index in [4.69, 9.17) is 5.73 Å². The average molecular weight is 257 g/mol. The molecule has 0 aliphatic heterocycles. The van der Waals surface area contributed by atoms with E-state index in [1.54, 1.807) is 0 Å². The summed E-state index contributed by atoms with van der Waals surface area (Å²) in [5, 5.41) is 0. The molecule has 2 fully saturated rings. The first-order chi connectivity index (χ1) is 9.28. The van der Waals surface area contributed by atoms with Crippen molar-refractivity contribution in [1.29, 1.82) is 0 Å². The van der Waals surface area contributed by atoms with E-state index in [1.165, 1.54) is 56.1 Å². The smallest absolute Gasteiger partial charge is 0.0323 e. The summed E-state index contributed by atoms with van der Waals surface area (Å²) in [5.41, 5.74) is 9.37. The van der Waals surface area contributed by atoms with Crippen molar-refractivity contribution in [2.45, 2.75) is 63.8 Å². The lowest BCUT2D eigenvalue weighted by atomic mass is 9.79. The normalized spacial score (nSPS) is 29.2. The van der Waals surface area contributed by atoms with Gasteiger partial charge in [-0.3, -0.25) is 0 Å². The highest BCUT2D eigenvalue weighted by Gasteiger charge is 2.29. The Morgan fingerprint density at radius 2 is 1.84 bits per heavy atom. The second-order valence-electron chi connectivity index (χ2n) is 6.67. The third-order valence-electron chi connectivity index (χ3n) is 5.56. The quantitative estimate of drug-likeness (QED) is 0.825. The van der Waals surface area contributed by atoms with Gasteiger partial charge in [-0.25, -0.2) is 0 Å². The van der Waals surface area contributed by atoms with Crippen LogP contribution in [0.2, 0.25) is 0 Å². The Hall–Kier alpha value is -0.820. The van der Waals surface area contributed by atoms with E-state index in [0.29, 0.717) is 5.92 Å². The summed E-state index contributed by atoms with van der Waals surface area (Å²) in [5.74, 6) is 2.46. The Morgan fingerprint density at radius 3 is 2.37 bits per heavy atom. The molecule has 2 saturated carbocycles. The van der Waals surface area contributed by atoms with Gasteiger partial charge in [-0.15, -0.1) is 0 Å². The summed E-state index contributed by atoms with van der Waals surface area (Å²) in [7, 11) is 0. The van der Waals surface area contributed by atoms with Gasteiger partial charge in [0.05, 0.1) is 0 Å². The molecule has 1 aromatic rings. The molecule has 0 aromatic heterocycles. The van der Waals surface area contributed by atoms with E-state index < -0.39 is 0 Å². The van der Waals surface area contributed by atoms with Crippen molar-refractivity contribution in [3.05, 3.63) is 35.4 Å². The monoisotopic (exact) mass is 257 g/mol. The van der Waals surface area contributed by atoms with E-state index in [-0.39, 0.29) is 6.04 Å². The molecular formula is C18H27N. The maximum atomic E-state index is 6.49. The molecule has 0 radical (unpaired) electrons. The summed E-state index contributed by atoms with van der Waals surface area (Å²) < 4.78 is 0. The first-order valence-electron chi connectivity index (χ1n) is 8.13. The minimum atomic E-state index is 0.256. The zero-order chi connectivity index (χ0) is 13.2. The molecule has 1 nitrogen and oxygen atoms in total. The van der Waals surface area contributed by atoms with Crippen LogP contribution in [0, 0.1) is 11.8 Å². The van der Waals surface area contributed by atoms with Crippen molar-refractivity contribution in [3.8, 4) is 0 Å². The van der Waals surface area contributed by atoms with E-state index >= 15 is 0 Å². The van der Waals surface area contributed by atoms with Crippen LogP contribution in [0.3, 0.4) is 0 Å². The van der Waals surface area contributed by atoms with Gasteiger partial charge in [0.25, 0.3) is 0 Å². The van der Waals surface area contributed by atoms with Crippen LogP contribution in [0.25, 0.3) is 0 Å². The molecule has 2 N–H and O–H groups in total. The summed E-state index contributed by atoms with van der Waals surface area (Å²) in [6.07, 6.45) is 9.54. The Bertz CT molecular complexity index is 404. The molecular weight excluding hydrogens is 230 g/mol. The number of rotatable bonds is 4. The minimum absolute atomic E-state index is 0.256. The fourth-order valence-electron chi connectivity index (χ4n) is 3.81. The van der Waals surface area contributed by atoms with Gasteiger partial charge in [-0.2, -0.15) is 0 Å². The van der Waals surface area contributed by atoms with E-state index in [2.05, 4.69) is 31.2 Å². The predicted octanol–water partition coefficient (Wildman–Crippen LogP) is 4.78. The maximum absolute atomic E-state index is 6.49. The molecule has 2 aliphatic carbocycles. The molecule has 0 saturated heterocycles. The van der Waals surface area contributed by atoms with E-state index in [9.17, 15) is 0 Å². The number of benzene rings is 1. The standard InChI is InChI=1S/C18H27N/c1-2-13-6-7-17(12-13)18(19)16-10-8-15(9-11-16)14-4-3-5-14/h8-11,13-14,17-18H,2-7,12,19H2,1H3. The fraction of sp³-hybridized carbons (Fsp3) is 0.667. The van der Waals surface area contributed by atoms with Gasteiger partial charge in [0, 0.05) is 6.04 Å². The molecule has 19 heavy (non-hydrogen) atoms. The van der Waals surface area contributed by atoms with Gasteiger partial charge in [-0.1, -0.05) is 50.5 Å². The summed E-state index contributed by atoms with van der Waals surface area (Å²) in [4.78, 5) is 0. The molecule has 1 aromatic carbocycles. The largest absolute Gasteiger partial charge is 0.324 e. The maximum Gasteiger partial charge on any atom is 0.0323 e. The van der Waals surface area contributed by atoms with Crippen LogP contribution in [-0.2, 0) is 0 Å². The molecule has 104 valence electrons. The molecule has 0 spiro atoms. The van der Waals surface area contributed by atoms with Gasteiger partial charge in [-0.05, 0) is 54.6 Å². The van der Waals surface area contributed by atoms with Crippen LogP contribution in [-0.4, -0.2) is 0 Å². The lowest BCUT2D eigenvalue weighted by molar-refractivity contribution is 0.413. The fourth-order valence-corrected chi connectivity index (χ4v) is 3.81. The first-order valence-corrected chi connectivity index (χ1v) is 8.13. The van der Waals surface area contributed by atoms with Crippen molar-refractivity contribution in [3.63, 3.8) is 0 Å². The lowest BCUT2D eigenvalue weighted by Gasteiger charge is -2.26. The minimum Gasteiger partial charge on any atom is -0.324 e. The van der Waals surface area contributed by atoms with Crippen LogP contribution in [0.15, 0.2) is 24.3 Å². The topological polar surface area (TPSA) is 26.0 Å². The van der Waals surface area contributed by atoms with Crippen LogP contribution in [0.4, 0.5) is 0 Å². The number of hydrogen-bond donors (Lipinski definition) is 1. The lowest BCUT2D eigenvalue weighted by Crippen LogP contribution is -2.19. The highest BCUT2D eigenvalue weighted by Crippen LogP contribution is 2.40. The Morgan fingerprint density at radius 1 is 1.11 bits per heavy atom. The third kappa shape index (κ3) is 2.72. The Balaban J connectivity index is 1.64. The van der Waals surface area contributed by atoms with E-state index in [1.807, 2.05) is 0 Å². The van der Waals surface area contributed by atoms with Crippen molar-refractivity contribution in [2.24, 2.45) is 17.6 Å². The summed E-state index contributed by atoms with van der Waals surface area (Å²) in [6.45, 7) is 2.31. The summed E-state index contributed by atoms with van der Waals surface area (Å²) in [6, 6.07) is 9.48. The highest BCUT2D eigenvalue weighted by atomic mass is 14.7. The first kappa shape index (κ1) is 13.2. The van der Waals surface area contributed by atoms with Gasteiger partial charge >= 0.3 is 0 Å². The molecule has 3 atom stereocenters. The zero-order valence-electron chi connectivity index (χ0n) is 12.1. The molecule has 0 heterocycles. The van der Waals surface area contributed by atoms with Crippen molar-refractivity contribution >= 4 is 0 Å². The Kier molecular flexibility index (Phi) is 3.93. The SMILES string of the molecule is CCC1CCC(C(N)c2ccc(C3CCC3)cc2)C1. The molecule has 0 bridgehead atoms. The number of hydrogen-bond acceptors (Lipinski definition) is 1. The van der Waals surface area contributed by atoms with Crippen LogP contribution >= 0.6 is 0 Å². The zero-order valence-corrected chi connectivity index (χ0v) is 12.1. The second-order valence-corrected chi connectivity index (χ2v) is 6.67. The second kappa shape index (κ2) is 5.66. The van der Waals surface area contributed by atoms with Crippen molar-refractivity contribution < 1.29 is 0 Å².